The van der Waals surface area contributed by atoms with Gasteiger partial charge in [0.25, 0.3) is 5.91 Å². The van der Waals surface area contributed by atoms with Crippen molar-refractivity contribution in [2.24, 2.45) is 0 Å². The van der Waals surface area contributed by atoms with Crippen LogP contribution in [0.5, 0.6) is 0 Å². The molecule has 1 unspecified atom stereocenters. The fraction of sp³-hybridized carbons (Fsp3) is 0.474. The standard InChI is InChI=1S/C19H24N4O4/c1-2-11-20-17(26)21-15(24)12-23-16(25)19(22-18(23)27)10-6-5-8-13-7-3-4-9-14(13)19/h3-4,7,9H,2,5-6,8,10-12H2,1H3,(H,22,27)(H2,20,21,24,26). The molecule has 144 valence electrons. The van der Waals surface area contributed by atoms with Crippen LogP contribution in [0.15, 0.2) is 24.3 Å². The lowest BCUT2D eigenvalue weighted by molar-refractivity contribution is -0.135. The lowest BCUT2D eigenvalue weighted by Gasteiger charge is -2.27. The van der Waals surface area contributed by atoms with Crippen molar-refractivity contribution in [3.63, 3.8) is 0 Å². The maximum Gasteiger partial charge on any atom is 0.325 e. The first-order chi connectivity index (χ1) is 13.0. The minimum atomic E-state index is -1.13. The summed E-state index contributed by atoms with van der Waals surface area (Å²) < 4.78 is 0. The van der Waals surface area contributed by atoms with Gasteiger partial charge in [0.15, 0.2) is 0 Å². The molecule has 2 aliphatic rings. The molecule has 0 saturated carbocycles. The summed E-state index contributed by atoms with van der Waals surface area (Å²) >= 11 is 0. The number of imide groups is 2. The van der Waals surface area contributed by atoms with Crippen molar-refractivity contribution in [3.05, 3.63) is 35.4 Å². The van der Waals surface area contributed by atoms with Crippen molar-refractivity contribution in [3.8, 4) is 0 Å². The Labute approximate surface area is 157 Å². The molecule has 6 amide bonds. The lowest BCUT2D eigenvalue weighted by Crippen LogP contribution is -2.47. The smallest absolute Gasteiger partial charge is 0.325 e. The molecular formula is C19H24N4O4. The van der Waals surface area contributed by atoms with Crippen LogP contribution >= 0.6 is 0 Å². The quantitative estimate of drug-likeness (QED) is 0.694. The third kappa shape index (κ3) is 3.65. The van der Waals surface area contributed by atoms with Crippen LogP contribution in [-0.2, 0) is 21.5 Å². The van der Waals surface area contributed by atoms with Crippen LogP contribution < -0.4 is 16.0 Å². The fourth-order valence-electron chi connectivity index (χ4n) is 3.71. The maximum absolute atomic E-state index is 13.2. The largest absolute Gasteiger partial charge is 0.338 e. The van der Waals surface area contributed by atoms with Crippen LogP contribution in [-0.4, -0.2) is 41.9 Å². The molecule has 27 heavy (non-hydrogen) atoms. The van der Waals surface area contributed by atoms with Crippen LogP contribution in [0.25, 0.3) is 0 Å². The molecule has 1 aromatic rings. The van der Waals surface area contributed by atoms with Gasteiger partial charge in [0, 0.05) is 6.54 Å². The van der Waals surface area contributed by atoms with Crippen molar-refractivity contribution in [2.45, 2.75) is 44.6 Å². The average molecular weight is 372 g/mol. The molecular weight excluding hydrogens is 348 g/mol. The number of nitrogens with one attached hydrogen (secondary N) is 3. The Morgan fingerprint density at radius 1 is 1.22 bits per heavy atom. The Morgan fingerprint density at radius 3 is 2.78 bits per heavy atom. The van der Waals surface area contributed by atoms with E-state index in [1.807, 2.05) is 31.2 Å². The van der Waals surface area contributed by atoms with E-state index >= 15 is 0 Å². The number of hydrogen-bond acceptors (Lipinski definition) is 4. The number of amides is 6. The van der Waals surface area contributed by atoms with Gasteiger partial charge in [0.2, 0.25) is 5.91 Å². The Balaban J connectivity index is 1.77. The second kappa shape index (κ2) is 7.77. The molecule has 1 fully saturated rings. The molecule has 1 aliphatic heterocycles. The molecule has 1 saturated heterocycles. The minimum Gasteiger partial charge on any atom is -0.338 e. The summed E-state index contributed by atoms with van der Waals surface area (Å²) in [6.45, 7) is 1.83. The zero-order chi connectivity index (χ0) is 19.4. The summed E-state index contributed by atoms with van der Waals surface area (Å²) in [7, 11) is 0. The molecule has 0 bridgehead atoms. The van der Waals surface area contributed by atoms with Crippen molar-refractivity contribution in [1.29, 1.82) is 0 Å². The number of rotatable bonds is 4. The highest BCUT2D eigenvalue weighted by atomic mass is 16.2. The van der Waals surface area contributed by atoms with Gasteiger partial charge in [0.1, 0.15) is 12.1 Å². The maximum atomic E-state index is 13.2. The van der Waals surface area contributed by atoms with Crippen LogP contribution in [0, 0.1) is 0 Å². The van der Waals surface area contributed by atoms with Gasteiger partial charge in [-0.05, 0) is 43.2 Å². The summed E-state index contributed by atoms with van der Waals surface area (Å²) in [5.41, 5.74) is 0.702. The number of fused-ring (bicyclic) bond motifs is 2. The van der Waals surface area contributed by atoms with Crippen molar-refractivity contribution in [1.82, 2.24) is 20.9 Å². The van der Waals surface area contributed by atoms with Gasteiger partial charge in [0.05, 0.1) is 0 Å². The number of nitrogens with zero attached hydrogens (tertiary/aromatic N) is 1. The van der Waals surface area contributed by atoms with E-state index < -0.39 is 36.0 Å². The van der Waals surface area contributed by atoms with E-state index in [4.69, 9.17) is 0 Å². The summed E-state index contributed by atoms with van der Waals surface area (Å²) in [4.78, 5) is 50.3. The zero-order valence-electron chi connectivity index (χ0n) is 15.3. The Hall–Kier alpha value is -2.90. The minimum absolute atomic E-state index is 0.433. The number of aryl methyl sites for hydroxylation is 1. The predicted octanol–water partition coefficient (Wildman–Crippen LogP) is 1.40. The summed E-state index contributed by atoms with van der Waals surface area (Å²) in [5.74, 6) is -1.14. The number of hydrogen-bond donors (Lipinski definition) is 3. The number of carbonyl (C=O) groups is 4. The zero-order valence-corrected chi connectivity index (χ0v) is 15.3. The summed E-state index contributed by atoms with van der Waals surface area (Å²) in [5, 5.41) is 7.47. The van der Waals surface area contributed by atoms with Crippen molar-refractivity contribution < 1.29 is 19.2 Å². The van der Waals surface area contributed by atoms with Crippen molar-refractivity contribution in [2.75, 3.05) is 13.1 Å². The highest BCUT2D eigenvalue weighted by Gasteiger charge is 2.53. The van der Waals surface area contributed by atoms with Gasteiger partial charge in [-0.2, -0.15) is 0 Å². The number of benzene rings is 1. The van der Waals surface area contributed by atoms with Crippen LogP contribution in [0.3, 0.4) is 0 Å². The second-order valence-corrected chi connectivity index (χ2v) is 6.90. The van der Waals surface area contributed by atoms with E-state index in [1.165, 1.54) is 0 Å². The molecule has 1 aromatic carbocycles. The average Bonchev–Trinajstić information content (AvgIpc) is 2.80. The van der Waals surface area contributed by atoms with Gasteiger partial charge in [-0.3, -0.25) is 19.8 Å². The molecule has 1 atom stereocenters. The molecule has 3 N–H and O–H groups in total. The Morgan fingerprint density at radius 2 is 2.00 bits per heavy atom. The molecule has 1 spiro atoms. The van der Waals surface area contributed by atoms with E-state index in [-0.39, 0.29) is 0 Å². The first-order valence-corrected chi connectivity index (χ1v) is 9.28. The monoisotopic (exact) mass is 372 g/mol. The van der Waals surface area contributed by atoms with Crippen LogP contribution in [0.4, 0.5) is 9.59 Å². The highest BCUT2D eigenvalue weighted by Crippen LogP contribution is 2.38. The molecule has 1 heterocycles. The number of urea groups is 2. The molecule has 3 rings (SSSR count). The van der Waals surface area contributed by atoms with E-state index in [9.17, 15) is 19.2 Å². The van der Waals surface area contributed by atoms with E-state index in [0.717, 1.165) is 41.7 Å². The molecule has 0 radical (unpaired) electrons. The summed E-state index contributed by atoms with van der Waals surface area (Å²) in [6, 6.07) is 6.35. The third-order valence-corrected chi connectivity index (χ3v) is 4.99. The molecule has 8 nitrogen and oxygen atoms in total. The topological polar surface area (TPSA) is 108 Å². The SMILES string of the molecule is CCCNC(=O)NC(=O)CN1C(=O)NC2(CCCCc3ccccc32)C1=O. The number of carbonyl (C=O) groups excluding carboxylic acids is 4. The van der Waals surface area contributed by atoms with Gasteiger partial charge >= 0.3 is 12.1 Å². The van der Waals surface area contributed by atoms with Gasteiger partial charge in [-0.1, -0.05) is 31.2 Å². The fourth-order valence-corrected chi connectivity index (χ4v) is 3.71. The van der Waals surface area contributed by atoms with E-state index in [2.05, 4.69) is 16.0 Å². The third-order valence-electron chi connectivity index (χ3n) is 4.99. The Bertz CT molecular complexity index is 779. The van der Waals surface area contributed by atoms with Crippen LogP contribution in [0.1, 0.15) is 43.7 Å². The highest BCUT2D eigenvalue weighted by molar-refractivity contribution is 6.10. The van der Waals surface area contributed by atoms with Gasteiger partial charge < -0.3 is 10.6 Å². The van der Waals surface area contributed by atoms with Gasteiger partial charge in [-0.15, -0.1) is 0 Å². The van der Waals surface area contributed by atoms with Crippen LogP contribution in [0.2, 0.25) is 0 Å². The molecule has 1 aliphatic carbocycles. The van der Waals surface area contributed by atoms with E-state index in [0.29, 0.717) is 13.0 Å². The predicted molar refractivity (Wildman–Crippen MR) is 97.8 cm³/mol. The van der Waals surface area contributed by atoms with Gasteiger partial charge in [-0.25, -0.2) is 9.59 Å². The first kappa shape index (κ1) is 18.9. The second-order valence-electron chi connectivity index (χ2n) is 6.90. The first-order valence-electron chi connectivity index (χ1n) is 9.28. The van der Waals surface area contributed by atoms with E-state index in [1.54, 1.807) is 0 Å². The normalized spacial score (nSPS) is 21.4. The summed E-state index contributed by atoms with van der Waals surface area (Å²) in [6.07, 6.45) is 3.79. The Kier molecular flexibility index (Phi) is 5.43. The molecule has 0 aromatic heterocycles. The molecule has 8 heteroatoms. The lowest BCUT2D eigenvalue weighted by atomic mass is 9.84. The van der Waals surface area contributed by atoms with Crippen molar-refractivity contribution >= 4 is 23.9 Å².